The van der Waals surface area contributed by atoms with Crippen molar-refractivity contribution in [3.8, 4) is 0 Å². The van der Waals surface area contributed by atoms with E-state index in [9.17, 15) is 9.59 Å². The van der Waals surface area contributed by atoms with E-state index in [2.05, 4.69) is 20.9 Å². The minimum absolute atomic E-state index is 0.0588. The molecule has 7 nitrogen and oxygen atoms in total. The van der Waals surface area contributed by atoms with Gasteiger partial charge in [-0.25, -0.2) is 4.98 Å². The first-order valence-electron chi connectivity index (χ1n) is 12.2. The first kappa shape index (κ1) is 24.5. The van der Waals surface area contributed by atoms with Crippen LogP contribution in [-0.4, -0.2) is 79.0 Å². The molecule has 0 N–H and O–H groups in total. The fourth-order valence-electron chi connectivity index (χ4n) is 4.87. The highest BCUT2D eigenvalue weighted by Gasteiger charge is 2.30. The number of piperidine rings is 1. The summed E-state index contributed by atoms with van der Waals surface area (Å²) in [6, 6.07) is 13.6. The molecule has 0 spiro atoms. The highest BCUT2D eigenvalue weighted by atomic mass is 35.5. The molecule has 0 saturated carbocycles. The molecular formula is C26H34ClN5O2. The second kappa shape index (κ2) is 11.7. The van der Waals surface area contributed by atoms with Crippen LogP contribution in [0, 0.1) is 5.92 Å². The third kappa shape index (κ3) is 6.27. The van der Waals surface area contributed by atoms with Gasteiger partial charge in [0.15, 0.2) is 0 Å². The Labute approximate surface area is 207 Å². The molecule has 0 atom stereocenters. The van der Waals surface area contributed by atoms with Gasteiger partial charge in [0.1, 0.15) is 5.82 Å². The minimum atomic E-state index is -0.0588. The van der Waals surface area contributed by atoms with Crippen molar-refractivity contribution in [1.82, 2.24) is 14.8 Å². The third-order valence-electron chi connectivity index (χ3n) is 6.88. The fourth-order valence-corrected chi connectivity index (χ4v) is 5.05. The van der Waals surface area contributed by atoms with Gasteiger partial charge < -0.3 is 14.7 Å². The fraction of sp³-hybridized carbons (Fsp3) is 0.500. The van der Waals surface area contributed by atoms with Gasteiger partial charge in [-0.2, -0.15) is 0 Å². The maximum Gasteiger partial charge on any atom is 0.230 e. The third-order valence-corrected chi connectivity index (χ3v) is 7.11. The van der Waals surface area contributed by atoms with E-state index < -0.39 is 0 Å². The summed E-state index contributed by atoms with van der Waals surface area (Å²) >= 11 is 6.25. The molecule has 0 aliphatic carbocycles. The van der Waals surface area contributed by atoms with Crippen LogP contribution in [0.3, 0.4) is 0 Å². The molecule has 1 aromatic heterocycles. The average molecular weight is 484 g/mol. The number of hydrogen-bond donors (Lipinski definition) is 0. The Hall–Kier alpha value is -2.64. The van der Waals surface area contributed by atoms with Crippen molar-refractivity contribution in [3.05, 3.63) is 53.7 Å². The molecule has 3 heterocycles. The molecule has 2 saturated heterocycles. The topological polar surface area (TPSA) is 60.0 Å². The van der Waals surface area contributed by atoms with Crippen LogP contribution in [0.4, 0.5) is 11.5 Å². The van der Waals surface area contributed by atoms with Gasteiger partial charge in [-0.05, 0) is 56.1 Å². The zero-order valence-corrected chi connectivity index (χ0v) is 20.7. The average Bonchev–Trinajstić information content (AvgIpc) is 2.87. The van der Waals surface area contributed by atoms with Crippen molar-refractivity contribution in [2.24, 2.45) is 5.92 Å². The van der Waals surface area contributed by atoms with Gasteiger partial charge in [-0.3, -0.25) is 14.5 Å². The van der Waals surface area contributed by atoms with E-state index in [1.807, 2.05) is 52.4 Å². The molecule has 0 radical (unpaired) electrons. The standard InChI is InChI=1S/C26H34ClN5O2/c1-21(33)30-14-9-22(10-15-30)26(34)32(24-7-4-6-23(27)20-24)13-5-12-29-16-18-31(19-17-29)25-8-2-3-11-28-25/h2-4,6-8,11,20,22H,5,9-10,12-19H2,1H3. The summed E-state index contributed by atoms with van der Waals surface area (Å²) in [4.78, 5) is 38.2. The monoisotopic (exact) mass is 483 g/mol. The van der Waals surface area contributed by atoms with Crippen LogP contribution in [0.25, 0.3) is 0 Å². The molecular weight excluding hydrogens is 450 g/mol. The Balaban J connectivity index is 1.32. The Bertz CT molecular complexity index is 957. The first-order valence-corrected chi connectivity index (χ1v) is 12.6. The number of amides is 2. The molecule has 8 heteroatoms. The number of anilines is 2. The van der Waals surface area contributed by atoms with Crippen molar-refractivity contribution in [1.29, 1.82) is 0 Å². The number of piperazine rings is 1. The Morgan fingerprint density at radius 1 is 1.03 bits per heavy atom. The number of rotatable bonds is 7. The van der Waals surface area contributed by atoms with E-state index in [1.165, 1.54) is 0 Å². The predicted molar refractivity (Wildman–Crippen MR) is 136 cm³/mol. The van der Waals surface area contributed by atoms with Gasteiger partial charge in [0.05, 0.1) is 0 Å². The molecule has 0 bridgehead atoms. The minimum Gasteiger partial charge on any atom is -0.354 e. The molecule has 2 aliphatic rings. The van der Waals surface area contributed by atoms with Crippen LogP contribution in [-0.2, 0) is 9.59 Å². The van der Waals surface area contributed by atoms with Crippen molar-refractivity contribution in [2.75, 3.05) is 62.2 Å². The summed E-state index contributed by atoms with van der Waals surface area (Å²) in [6.07, 6.45) is 4.16. The van der Waals surface area contributed by atoms with E-state index in [-0.39, 0.29) is 17.7 Å². The molecule has 2 fully saturated rings. The number of aromatic nitrogens is 1. The summed E-state index contributed by atoms with van der Waals surface area (Å²) < 4.78 is 0. The number of nitrogens with zero attached hydrogens (tertiary/aromatic N) is 5. The SMILES string of the molecule is CC(=O)N1CCC(C(=O)N(CCCN2CCN(c3ccccn3)CC2)c2cccc(Cl)c2)CC1. The van der Waals surface area contributed by atoms with E-state index in [4.69, 9.17) is 11.6 Å². The second-order valence-electron chi connectivity index (χ2n) is 9.12. The molecule has 2 amide bonds. The molecule has 1 aromatic carbocycles. The normalized spacial score (nSPS) is 17.6. The van der Waals surface area contributed by atoms with Crippen LogP contribution >= 0.6 is 11.6 Å². The lowest BCUT2D eigenvalue weighted by atomic mass is 9.94. The highest BCUT2D eigenvalue weighted by Crippen LogP contribution is 2.26. The lowest BCUT2D eigenvalue weighted by Crippen LogP contribution is -2.48. The number of hydrogen-bond acceptors (Lipinski definition) is 5. The number of carbonyl (C=O) groups is 2. The number of pyridine rings is 1. The van der Waals surface area contributed by atoms with Crippen molar-refractivity contribution >= 4 is 34.9 Å². The Kier molecular flexibility index (Phi) is 8.40. The number of halogens is 1. The zero-order valence-electron chi connectivity index (χ0n) is 19.9. The molecule has 0 unspecified atom stereocenters. The summed E-state index contributed by atoms with van der Waals surface area (Å²) in [5.74, 6) is 1.21. The van der Waals surface area contributed by atoms with Crippen molar-refractivity contribution < 1.29 is 9.59 Å². The smallest absolute Gasteiger partial charge is 0.230 e. The van der Waals surface area contributed by atoms with Crippen LogP contribution < -0.4 is 9.80 Å². The predicted octanol–water partition coefficient (Wildman–Crippen LogP) is 3.54. The van der Waals surface area contributed by atoms with Gasteiger partial charge in [0.2, 0.25) is 11.8 Å². The summed E-state index contributed by atoms with van der Waals surface area (Å²) in [7, 11) is 0. The molecule has 34 heavy (non-hydrogen) atoms. The van der Waals surface area contributed by atoms with Gasteiger partial charge in [-0.1, -0.05) is 23.7 Å². The van der Waals surface area contributed by atoms with Gasteiger partial charge in [0.25, 0.3) is 0 Å². The van der Waals surface area contributed by atoms with E-state index in [1.54, 1.807) is 6.92 Å². The molecule has 2 aliphatic heterocycles. The summed E-state index contributed by atoms with van der Waals surface area (Å²) in [5.41, 5.74) is 0.853. The Morgan fingerprint density at radius 3 is 2.44 bits per heavy atom. The van der Waals surface area contributed by atoms with E-state index >= 15 is 0 Å². The second-order valence-corrected chi connectivity index (χ2v) is 9.56. The zero-order chi connectivity index (χ0) is 23.9. The van der Waals surface area contributed by atoms with Crippen LogP contribution in [0.15, 0.2) is 48.7 Å². The van der Waals surface area contributed by atoms with Crippen molar-refractivity contribution in [3.63, 3.8) is 0 Å². The van der Waals surface area contributed by atoms with Gasteiger partial charge in [0, 0.05) is 75.6 Å². The van der Waals surface area contributed by atoms with Crippen molar-refractivity contribution in [2.45, 2.75) is 26.2 Å². The number of benzene rings is 1. The Morgan fingerprint density at radius 2 is 1.79 bits per heavy atom. The number of carbonyl (C=O) groups excluding carboxylic acids is 2. The number of likely N-dealkylation sites (tertiary alicyclic amines) is 1. The molecule has 2 aromatic rings. The maximum atomic E-state index is 13.5. The van der Waals surface area contributed by atoms with E-state index in [0.29, 0.717) is 37.5 Å². The van der Waals surface area contributed by atoms with Crippen LogP contribution in [0.1, 0.15) is 26.2 Å². The van der Waals surface area contributed by atoms with Crippen LogP contribution in [0.2, 0.25) is 5.02 Å². The maximum absolute atomic E-state index is 13.5. The molecule has 182 valence electrons. The highest BCUT2D eigenvalue weighted by molar-refractivity contribution is 6.30. The lowest BCUT2D eigenvalue weighted by Gasteiger charge is -2.36. The lowest BCUT2D eigenvalue weighted by molar-refractivity contribution is -0.133. The van der Waals surface area contributed by atoms with Gasteiger partial charge in [-0.15, -0.1) is 0 Å². The summed E-state index contributed by atoms with van der Waals surface area (Å²) in [5, 5.41) is 0.632. The van der Waals surface area contributed by atoms with Gasteiger partial charge >= 0.3 is 0 Å². The van der Waals surface area contributed by atoms with E-state index in [0.717, 1.165) is 50.6 Å². The summed E-state index contributed by atoms with van der Waals surface area (Å²) in [6.45, 7) is 8.40. The quantitative estimate of drug-likeness (QED) is 0.603. The first-order chi connectivity index (χ1) is 16.5. The largest absolute Gasteiger partial charge is 0.354 e. The van der Waals surface area contributed by atoms with Crippen LogP contribution in [0.5, 0.6) is 0 Å². The molecule has 4 rings (SSSR count).